The number of rotatable bonds is 4. The van der Waals surface area contributed by atoms with Gasteiger partial charge in [0.1, 0.15) is 0 Å². The fraction of sp³-hybridized carbons (Fsp3) is 0.714. The summed E-state index contributed by atoms with van der Waals surface area (Å²) in [5, 5.41) is 1.12. The van der Waals surface area contributed by atoms with Crippen molar-refractivity contribution in [1.82, 2.24) is 9.88 Å². The first-order chi connectivity index (χ1) is 9.06. The van der Waals surface area contributed by atoms with Crippen LogP contribution < -0.4 is 0 Å². The van der Waals surface area contributed by atoms with E-state index in [-0.39, 0.29) is 0 Å². The Kier molecular flexibility index (Phi) is 5.28. The van der Waals surface area contributed by atoms with Gasteiger partial charge in [0.2, 0.25) is 5.91 Å². The second-order valence-electron chi connectivity index (χ2n) is 5.30. The second-order valence-corrected chi connectivity index (χ2v) is 7.57. The van der Waals surface area contributed by atoms with Crippen LogP contribution in [0.5, 0.6) is 0 Å². The van der Waals surface area contributed by atoms with Crippen LogP contribution >= 0.6 is 23.1 Å². The van der Waals surface area contributed by atoms with E-state index in [4.69, 9.17) is 0 Å². The van der Waals surface area contributed by atoms with Gasteiger partial charge in [-0.2, -0.15) is 0 Å². The van der Waals surface area contributed by atoms with Crippen molar-refractivity contribution in [2.45, 2.75) is 39.4 Å². The number of aryl methyl sites for hydroxylation is 2. The van der Waals surface area contributed by atoms with Gasteiger partial charge in [0.05, 0.1) is 16.5 Å². The lowest BCUT2D eigenvalue weighted by atomic mass is 9.99. The summed E-state index contributed by atoms with van der Waals surface area (Å²) in [5.74, 6) is 2.59. The Hall–Kier alpha value is -0.550. The molecule has 0 bridgehead atoms. The molecule has 0 aromatic carbocycles. The monoisotopic (exact) mass is 298 g/mol. The molecule has 2 rings (SSSR count). The number of hydrogen-bond acceptors (Lipinski definition) is 4. The SMILES string of the molecule is Cc1nc(C)c(CSCC(=O)N2CCC(C)CC2)s1. The van der Waals surface area contributed by atoms with Crippen molar-refractivity contribution >= 4 is 29.0 Å². The maximum Gasteiger partial charge on any atom is 0.232 e. The molecular formula is C14H22N2OS2. The summed E-state index contributed by atoms with van der Waals surface area (Å²) in [6.45, 7) is 8.24. The number of hydrogen-bond donors (Lipinski definition) is 0. The highest BCUT2D eigenvalue weighted by atomic mass is 32.2. The van der Waals surface area contributed by atoms with Gasteiger partial charge in [0.25, 0.3) is 0 Å². The average Bonchev–Trinajstić information content (AvgIpc) is 2.68. The second kappa shape index (κ2) is 6.75. The van der Waals surface area contributed by atoms with E-state index in [0.717, 1.165) is 48.3 Å². The Morgan fingerprint density at radius 3 is 2.68 bits per heavy atom. The molecule has 0 spiro atoms. The van der Waals surface area contributed by atoms with E-state index in [0.29, 0.717) is 11.7 Å². The van der Waals surface area contributed by atoms with Crippen LogP contribution in [0.1, 0.15) is 35.3 Å². The van der Waals surface area contributed by atoms with Crippen LogP contribution in [0.4, 0.5) is 0 Å². The number of thioether (sulfide) groups is 1. The number of likely N-dealkylation sites (tertiary alicyclic amines) is 1. The Morgan fingerprint density at radius 1 is 1.42 bits per heavy atom. The molecule has 1 fully saturated rings. The molecule has 0 N–H and O–H groups in total. The van der Waals surface area contributed by atoms with Crippen LogP contribution in [0, 0.1) is 19.8 Å². The van der Waals surface area contributed by atoms with Gasteiger partial charge < -0.3 is 4.90 Å². The van der Waals surface area contributed by atoms with Gasteiger partial charge in [-0.05, 0) is 32.6 Å². The highest BCUT2D eigenvalue weighted by molar-refractivity contribution is 7.99. The number of amides is 1. The van der Waals surface area contributed by atoms with Gasteiger partial charge in [-0.1, -0.05) is 6.92 Å². The normalized spacial score (nSPS) is 16.9. The fourth-order valence-electron chi connectivity index (χ4n) is 2.29. The van der Waals surface area contributed by atoms with Gasteiger partial charge in [0.15, 0.2) is 0 Å². The van der Waals surface area contributed by atoms with E-state index in [1.54, 1.807) is 23.1 Å². The minimum absolute atomic E-state index is 0.302. The molecule has 2 heterocycles. The molecule has 1 aromatic heterocycles. The Balaban J connectivity index is 1.73. The van der Waals surface area contributed by atoms with Gasteiger partial charge in [-0.15, -0.1) is 23.1 Å². The predicted octanol–water partition coefficient (Wildman–Crippen LogP) is 3.25. The number of carbonyl (C=O) groups is 1. The van der Waals surface area contributed by atoms with Crippen LogP contribution in [-0.2, 0) is 10.5 Å². The van der Waals surface area contributed by atoms with Gasteiger partial charge in [-0.3, -0.25) is 4.79 Å². The average molecular weight is 298 g/mol. The van der Waals surface area contributed by atoms with Crippen LogP contribution in [0.3, 0.4) is 0 Å². The molecule has 106 valence electrons. The standard InChI is InChI=1S/C14H22N2OS2/c1-10-4-6-16(7-5-10)14(17)9-18-8-13-11(2)15-12(3)19-13/h10H,4-9H2,1-3H3. The number of thiazole rings is 1. The number of nitrogens with zero attached hydrogens (tertiary/aromatic N) is 2. The van der Waals surface area contributed by atoms with Crippen molar-refractivity contribution in [2.75, 3.05) is 18.8 Å². The van der Waals surface area contributed by atoms with Gasteiger partial charge in [0, 0.05) is 23.7 Å². The molecule has 1 aliphatic heterocycles. The van der Waals surface area contributed by atoms with E-state index >= 15 is 0 Å². The summed E-state index contributed by atoms with van der Waals surface area (Å²) in [5.41, 5.74) is 1.12. The molecule has 0 saturated carbocycles. The Labute approximate surface area is 123 Å². The molecule has 3 nitrogen and oxygen atoms in total. The van der Waals surface area contributed by atoms with Crippen LogP contribution in [0.15, 0.2) is 0 Å². The highest BCUT2D eigenvalue weighted by Gasteiger charge is 2.20. The molecule has 5 heteroatoms. The molecule has 1 amide bonds. The number of carbonyl (C=O) groups excluding carboxylic acids is 1. The minimum Gasteiger partial charge on any atom is -0.342 e. The molecule has 0 unspecified atom stereocenters. The van der Waals surface area contributed by atoms with Crippen molar-refractivity contribution in [3.05, 3.63) is 15.6 Å². The lowest BCUT2D eigenvalue weighted by molar-refractivity contribution is -0.129. The largest absolute Gasteiger partial charge is 0.342 e. The smallest absolute Gasteiger partial charge is 0.232 e. The molecular weight excluding hydrogens is 276 g/mol. The van der Waals surface area contributed by atoms with Crippen LogP contribution in [0.2, 0.25) is 0 Å². The quantitative estimate of drug-likeness (QED) is 0.855. The summed E-state index contributed by atoms with van der Waals surface area (Å²) in [7, 11) is 0. The fourth-order valence-corrected chi connectivity index (χ4v) is 4.36. The third-order valence-corrected chi connectivity index (χ3v) is 5.79. The van der Waals surface area contributed by atoms with Crippen molar-refractivity contribution in [3.8, 4) is 0 Å². The van der Waals surface area contributed by atoms with E-state index in [1.165, 1.54) is 4.88 Å². The maximum atomic E-state index is 12.1. The molecule has 1 aromatic rings. The zero-order valence-electron chi connectivity index (χ0n) is 11.9. The van der Waals surface area contributed by atoms with Gasteiger partial charge >= 0.3 is 0 Å². The van der Waals surface area contributed by atoms with Crippen molar-refractivity contribution < 1.29 is 4.79 Å². The predicted molar refractivity (Wildman–Crippen MR) is 82.7 cm³/mol. The number of piperidine rings is 1. The Morgan fingerprint density at radius 2 is 2.11 bits per heavy atom. The third-order valence-electron chi connectivity index (χ3n) is 3.59. The maximum absolute atomic E-state index is 12.1. The summed E-state index contributed by atoms with van der Waals surface area (Å²) in [6, 6.07) is 0. The third kappa shape index (κ3) is 4.21. The minimum atomic E-state index is 0.302. The lowest BCUT2D eigenvalue weighted by Crippen LogP contribution is -2.38. The molecule has 1 saturated heterocycles. The molecule has 0 aliphatic carbocycles. The summed E-state index contributed by atoms with van der Waals surface area (Å²) >= 11 is 3.46. The van der Waals surface area contributed by atoms with E-state index in [1.807, 2.05) is 18.7 Å². The lowest BCUT2D eigenvalue weighted by Gasteiger charge is -2.30. The van der Waals surface area contributed by atoms with E-state index < -0.39 is 0 Å². The zero-order chi connectivity index (χ0) is 13.8. The van der Waals surface area contributed by atoms with E-state index in [2.05, 4.69) is 11.9 Å². The first-order valence-electron chi connectivity index (χ1n) is 6.84. The van der Waals surface area contributed by atoms with Crippen LogP contribution in [0.25, 0.3) is 0 Å². The van der Waals surface area contributed by atoms with Gasteiger partial charge in [-0.25, -0.2) is 4.98 Å². The van der Waals surface area contributed by atoms with Crippen molar-refractivity contribution in [1.29, 1.82) is 0 Å². The number of aromatic nitrogens is 1. The first kappa shape index (κ1) is 14.9. The summed E-state index contributed by atoms with van der Waals surface area (Å²) in [6.07, 6.45) is 2.31. The molecule has 0 atom stereocenters. The highest BCUT2D eigenvalue weighted by Crippen LogP contribution is 2.23. The van der Waals surface area contributed by atoms with E-state index in [9.17, 15) is 4.79 Å². The molecule has 19 heavy (non-hydrogen) atoms. The van der Waals surface area contributed by atoms with Crippen molar-refractivity contribution in [2.24, 2.45) is 5.92 Å². The summed E-state index contributed by atoms with van der Waals surface area (Å²) in [4.78, 5) is 19.8. The Bertz CT molecular complexity index is 437. The summed E-state index contributed by atoms with van der Waals surface area (Å²) < 4.78 is 0. The van der Waals surface area contributed by atoms with Crippen molar-refractivity contribution in [3.63, 3.8) is 0 Å². The topological polar surface area (TPSA) is 33.2 Å². The molecule has 1 aliphatic rings. The van der Waals surface area contributed by atoms with Crippen LogP contribution in [-0.4, -0.2) is 34.6 Å². The first-order valence-corrected chi connectivity index (χ1v) is 8.82. The molecule has 0 radical (unpaired) electrons. The zero-order valence-corrected chi connectivity index (χ0v) is 13.6.